The van der Waals surface area contributed by atoms with Gasteiger partial charge in [-0.1, -0.05) is 34.8 Å². The van der Waals surface area contributed by atoms with E-state index >= 15 is 0 Å². The average Bonchev–Trinajstić information content (AvgIpc) is 2.40. The van der Waals surface area contributed by atoms with E-state index in [0.717, 1.165) is 5.56 Å². The lowest BCUT2D eigenvalue weighted by Crippen LogP contribution is -2.17. The third-order valence-corrected chi connectivity index (χ3v) is 4.35. The van der Waals surface area contributed by atoms with Crippen LogP contribution in [0.4, 0.5) is 10.5 Å². The fourth-order valence-corrected chi connectivity index (χ4v) is 2.54. The predicted molar refractivity (Wildman–Crippen MR) is 90.0 cm³/mol. The Morgan fingerprint density at radius 3 is 2.48 bits per heavy atom. The number of aryl methyl sites for hydroxylation is 1. The number of ether oxygens (including phenoxy) is 1. The van der Waals surface area contributed by atoms with Gasteiger partial charge in [-0.05, 0) is 58.7 Å². The third kappa shape index (κ3) is 4.27. The number of carbonyl (C=O) groups is 1. The summed E-state index contributed by atoms with van der Waals surface area (Å²) in [5.41, 5.74) is 1.29. The van der Waals surface area contributed by atoms with Crippen molar-refractivity contribution in [2.24, 2.45) is 0 Å². The maximum atomic E-state index is 11.9. The van der Waals surface area contributed by atoms with E-state index in [9.17, 15) is 4.79 Å². The predicted octanol–water partition coefficient (Wildman–Crippen LogP) is 6.33. The molecule has 1 N–H and O–H groups in total. The van der Waals surface area contributed by atoms with Gasteiger partial charge in [0.25, 0.3) is 0 Å². The minimum absolute atomic E-state index is 0.345. The number of hydrogen-bond donors (Lipinski definition) is 1. The maximum Gasteiger partial charge on any atom is 0.417 e. The highest BCUT2D eigenvalue weighted by Gasteiger charge is 2.11. The lowest BCUT2D eigenvalue weighted by atomic mass is 10.2. The molecule has 0 aliphatic heterocycles. The van der Waals surface area contributed by atoms with Crippen LogP contribution in [0.3, 0.4) is 0 Å². The lowest BCUT2D eigenvalue weighted by Gasteiger charge is -2.10. The second-order valence-electron chi connectivity index (χ2n) is 4.18. The van der Waals surface area contributed by atoms with Gasteiger partial charge in [0.05, 0.1) is 14.5 Å². The van der Waals surface area contributed by atoms with Crippen molar-refractivity contribution in [2.45, 2.75) is 6.92 Å². The summed E-state index contributed by atoms with van der Waals surface area (Å²) < 4.78 is 5.81. The molecule has 0 spiro atoms. The Bertz CT molecular complexity index is 707. The average molecular weight is 409 g/mol. The molecule has 0 heterocycles. The Balaban J connectivity index is 2.11. The molecule has 0 atom stereocenters. The number of amides is 1. The molecular weight excluding hydrogens is 400 g/mol. The first-order chi connectivity index (χ1) is 9.86. The zero-order chi connectivity index (χ0) is 15.6. The Hall–Kier alpha value is -0.940. The molecular formula is C14H9BrCl3NO2. The van der Waals surface area contributed by atoms with Gasteiger partial charge in [-0.15, -0.1) is 0 Å². The number of nitrogens with one attached hydrogen (secondary N) is 1. The smallest absolute Gasteiger partial charge is 0.409 e. The summed E-state index contributed by atoms with van der Waals surface area (Å²) in [6.07, 6.45) is -0.643. The van der Waals surface area contributed by atoms with Crippen molar-refractivity contribution in [1.29, 1.82) is 0 Å². The fourth-order valence-electron chi connectivity index (χ4n) is 1.53. The van der Waals surface area contributed by atoms with Gasteiger partial charge in [-0.2, -0.15) is 0 Å². The highest BCUT2D eigenvalue weighted by Crippen LogP contribution is 2.31. The Kier molecular flexibility index (Phi) is 5.38. The first-order valence-corrected chi connectivity index (χ1v) is 7.69. The van der Waals surface area contributed by atoms with Gasteiger partial charge in [0.15, 0.2) is 0 Å². The van der Waals surface area contributed by atoms with E-state index in [1.54, 1.807) is 24.3 Å². The van der Waals surface area contributed by atoms with Crippen LogP contribution in [-0.2, 0) is 0 Å². The SMILES string of the molecule is Cc1cc(OC(=O)Nc2ccc(Cl)c(Cl)c2)c(Br)cc1Cl. The normalized spacial score (nSPS) is 10.3. The van der Waals surface area contributed by atoms with E-state index in [-0.39, 0.29) is 0 Å². The molecule has 21 heavy (non-hydrogen) atoms. The van der Waals surface area contributed by atoms with Crippen LogP contribution in [-0.4, -0.2) is 6.09 Å². The van der Waals surface area contributed by atoms with Gasteiger partial charge in [0.2, 0.25) is 0 Å². The Morgan fingerprint density at radius 1 is 1.10 bits per heavy atom. The molecule has 1 amide bonds. The summed E-state index contributed by atoms with van der Waals surface area (Å²) in [6.45, 7) is 1.82. The zero-order valence-corrected chi connectivity index (χ0v) is 14.6. The van der Waals surface area contributed by atoms with Crippen LogP contribution < -0.4 is 10.1 Å². The monoisotopic (exact) mass is 407 g/mol. The van der Waals surface area contributed by atoms with Crippen molar-refractivity contribution >= 4 is 62.5 Å². The molecule has 110 valence electrons. The summed E-state index contributed by atoms with van der Waals surface area (Å²) in [6, 6.07) is 8.08. The van der Waals surface area contributed by atoms with Crippen molar-refractivity contribution in [3.63, 3.8) is 0 Å². The minimum Gasteiger partial charge on any atom is -0.409 e. The van der Waals surface area contributed by atoms with Crippen LogP contribution in [0.15, 0.2) is 34.8 Å². The fraction of sp³-hybridized carbons (Fsp3) is 0.0714. The van der Waals surface area contributed by atoms with Gasteiger partial charge in [0, 0.05) is 10.7 Å². The number of anilines is 1. The molecule has 0 unspecified atom stereocenters. The van der Waals surface area contributed by atoms with E-state index in [0.29, 0.717) is 31.0 Å². The van der Waals surface area contributed by atoms with Crippen molar-refractivity contribution in [1.82, 2.24) is 0 Å². The van der Waals surface area contributed by atoms with Gasteiger partial charge < -0.3 is 4.74 Å². The molecule has 2 aromatic rings. The number of hydrogen-bond acceptors (Lipinski definition) is 2. The second kappa shape index (κ2) is 6.88. The minimum atomic E-state index is -0.643. The molecule has 2 rings (SSSR count). The van der Waals surface area contributed by atoms with Crippen LogP contribution in [0.25, 0.3) is 0 Å². The summed E-state index contributed by atoms with van der Waals surface area (Å²) >= 11 is 20.9. The van der Waals surface area contributed by atoms with Crippen LogP contribution in [0.5, 0.6) is 5.75 Å². The third-order valence-electron chi connectivity index (χ3n) is 2.58. The molecule has 0 saturated carbocycles. The lowest BCUT2D eigenvalue weighted by molar-refractivity contribution is 0.215. The largest absolute Gasteiger partial charge is 0.417 e. The Labute approximate surface area is 145 Å². The first kappa shape index (κ1) is 16.4. The highest BCUT2D eigenvalue weighted by molar-refractivity contribution is 9.10. The van der Waals surface area contributed by atoms with E-state index < -0.39 is 6.09 Å². The summed E-state index contributed by atoms with van der Waals surface area (Å²) in [7, 11) is 0. The highest BCUT2D eigenvalue weighted by atomic mass is 79.9. The summed E-state index contributed by atoms with van der Waals surface area (Å²) in [4.78, 5) is 11.9. The van der Waals surface area contributed by atoms with Crippen molar-refractivity contribution in [3.8, 4) is 5.75 Å². The van der Waals surface area contributed by atoms with Crippen LogP contribution >= 0.6 is 50.7 Å². The van der Waals surface area contributed by atoms with Gasteiger partial charge >= 0.3 is 6.09 Å². The number of carbonyl (C=O) groups excluding carboxylic acids is 1. The molecule has 2 aromatic carbocycles. The van der Waals surface area contributed by atoms with Crippen LogP contribution in [0, 0.1) is 6.92 Å². The van der Waals surface area contributed by atoms with Gasteiger partial charge in [-0.25, -0.2) is 4.79 Å². The van der Waals surface area contributed by atoms with E-state index in [4.69, 9.17) is 39.5 Å². The second-order valence-corrected chi connectivity index (χ2v) is 6.25. The molecule has 0 fully saturated rings. The Morgan fingerprint density at radius 2 is 1.81 bits per heavy atom. The molecule has 0 aliphatic carbocycles. The molecule has 0 aliphatic rings. The number of rotatable bonds is 2. The first-order valence-electron chi connectivity index (χ1n) is 5.76. The molecule has 0 saturated heterocycles. The van der Waals surface area contributed by atoms with E-state index in [1.807, 2.05) is 6.92 Å². The van der Waals surface area contributed by atoms with E-state index in [1.165, 1.54) is 6.07 Å². The molecule has 0 radical (unpaired) electrons. The van der Waals surface area contributed by atoms with Gasteiger partial charge in [0.1, 0.15) is 5.75 Å². The van der Waals surface area contributed by atoms with Crippen molar-refractivity contribution < 1.29 is 9.53 Å². The van der Waals surface area contributed by atoms with Crippen LogP contribution in [0.1, 0.15) is 5.56 Å². The summed E-state index contributed by atoms with van der Waals surface area (Å²) in [5, 5.41) is 3.90. The van der Waals surface area contributed by atoms with Crippen LogP contribution in [0.2, 0.25) is 15.1 Å². The quantitative estimate of drug-likeness (QED) is 0.629. The summed E-state index contributed by atoms with van der Waals surface area (Å²) in [5.74, 6) is 0.370. The maximum absolute atomic E-state index is 11.9. The van der Waals surface area contributed by atoms with E-state index in [2.05, 4.69) is 21.2 Å². The topological polar surface area (TPSA) is 38.3 Å². The molecule has 7 heteroatoms. The standard InChI is InChI=1S/C14H9BrCl3NO2/c1-7-4-13(9(15)6-11(7)17)21-14(20)19-8-2-3-10(16)12(18)5-8/h2-6H,1H3,(H,19,20). The molecule has 0 aromatic heterocycles. The molecule has 3 nitrogen and oxygen atoms in total. The van der Waals surface area contributed by atoms with Crippen molar-refractivity contribution in [3.05, 3.63) is 55.4 Å². The van der Waals surface area contributed by atoms with Gasteiger partial charge in [-0.3, -0.25) is 5.32 Å². The molecule has 0 bridgehead atoms. The number of halogens is 4. The van der Waals surface area contributed by atoms with Crippen molar-refractivity contribution in [2.75, 3.05) is 5.32 Å². The zero-order valence-electron chi connectivity index (χ0n) is 10.7. The number of benzene rings is 2.